The lowest BCUT2D eigenvalue weighted by atomic mass is 9.96. The van der Waals surface area contributed by atoms with E-state index in [4.69, 9.17) is 11.6 Å². The van der Waals surface area contributed by atoms with Gasteiger partial charge >= 0.3 is 0 Å². The van der Waals surface area contributed by atoms with Crippen LogP contribution in [-0.4, -0.2) is 10.1 Å². The highest BCUT2D eigenvalue weighted by atomic mass is 35.5. The topological polar surface area (TPSA) is 33.1 Å². The number of halogens is 1. The van der Waals surface area contributed by atoms with Crippen molar-refractivity contribution in [1.82, 2.24) is 4.98 Å². The molecule has 3 rings (SSSR count). The van der Waals surface area contributed by atoms with E-state index in [0.717, 1.165) is 27.6 Å². The van der Waals surface area contributed by atoms with Crippen molar-refractivity contribution in [2.45, 2.75) is 13.0 Å². The van der Waals surface area contributed by atoms with E-state index in [1.165, 1.54) is 0 Å². The highest BCUT2D eigenvalue weighted by molar-refractivity contribution is 6.32. The molecule has 2 aromatic carbocycles. The van der Waals surface area contributed by atoms with E-state index < -0.39 is 6.10 Å². The quantitative estimate of drug-likeness (QED) is 0.761. The third-order valence-electron chi connectivity index (χ3n) is 3.49. The smallest absolute Gasteiger partial charge is 0.106 e. The Morgan fingerprint density at radius 2 is 1.75 bits per heavy atom. The number of hydrogen-bond acceptors (Lipinski definition) is 2. The van der Waals surface area contributed by atoms with Crippen LogP contribution < -0.4 is 0 Å². The standard InChI is InChI=1S/C17H14ClNO/c1-11-5-2-7-14(16(11)18)17(20)13-6-3-9-15-12(13)8-4-10-19-15/h2-10,17,20H,1H3. The fraction of sp³-hybridized carbons (Fsp3) is 0.118. The van der Waals surface area contributed by atoms with Gasteiger partial charge in [0.05, 0.1) is 5.52 Å². The molecule has 1 heterocycles. The average molecular weight is 284 g/mol. The number of benzene rings is 2. The van der Waals surface area contributed by atoms with Crippen LogP contribution in [0.2, 0.25) is 5.02 Å². The predicted molar refractivity (Wildman–Crippen MR) is 82.0 cm³/mol. The molecule has 0 bridgehead atoms. The van der Waals surface area contributed by atoms with E-state index in [1.807, 2.05) is 55.5 Å². The third kappa shape index (κ3) is 2.17. The second-order valence-corrected chi connectivity index (χ2v) is 5.18. The summed E-state index contributed by atoms with van der Waals surface area (Å²) in [6, 6.07) is 15.3. The number of rotatable bonds is 2. The number of nitrogens with zero attached hydrogens (tertiary/aromatic N) is 1. The van der Waals surface area contributed by atoms with Crippen molar-refractivity contribution in [2.24, 2.45) is 0 Å². The van der Waals surface area contributed by atoms with Crippen LogP contribution in [0.25, 0.3) is 10.9 Å². The molecule has 3 aromatic rings. The molecule has 0 aliphatic rings. The van der Waals surface area contributed by atoms with E-state index in [0.29, 0.717) is 5.02 Å². The van der Waals surface area contributed by atoms with Gasteiger partial charge in [-0.25, -0.2) is 0 Å². The molecule has 0 saturated heterocycles. The Balaban J connectivity index is 2.18. The second-order valence-electron chi connectivity index (χ2n) is 4.80. The molecule has 0 aliphatic carbocycles. The van der Waals surface area contributed by atoms with Gasteiger partial charge in [-0.1, -0.05) is 48.0 Å². The molecule has 0 fully saturated rings. The largest absolute Gasteiger partial charge is 0.384 e. The molecule has 100 valence electrons. The molecule has 1 atom stereocenters. The first-order valence-corrected chi connectivity index (χ1v) is 6.83. The van der Waals surface area contributed by atoms with Crippen LogP contribution in [0, 0.1) is 6.92 Å². The summed E-state index contributed by atoms with van der Waals surface area (Å²) in [4.78, 5) is 4.31. The summed E-state index contributed by atoms with van der Waals surface area (Å²) in [6.07, 6.45) is 0.994. The molecule has 20 heavy (non-hydrogen) atoms. The maximum Gasteiger partial charge on any atom is 0.106 e. The molecular formula is C17H14ClNO. The molecule has 0 aliphatic heterocycles. The van der Waals surface area contributed by atoms with Gasteiger partial charge in [-0.3, -0.25) is 4.98 Å². The van der Waals surface area contributed by atoms with Crippen molar-refractivity contribution in [3.8, 4) is 0 Å². The zero-order valence-corrected chi connectivity index (χ0v) is 11.8. The van der Waals surface area contributed by atoms with Gasteiger partial charge in [0.25, 0.3) is 0 Å². The second kappa shape index (κ2) is 5.23. The highest BCUT2D eigenvalue weighted by Crippen LogP contribution is 2.33. The van der Waals surface area contributed by atoms with Crippen molar-refractivity contribution in [3.63, 3.8) is 0 Å². The van der Waals surface area contributed by atoms with Gasteiger partial charge in [-0.05, 0) is 30.2 Å². The van der Waals surface area contributed by atoms with Gasteiger partial charge in [0.15, 0.2) is 0 Å². The van der Waals surface area contributed by atoms with Crippen LogP contribution >= 0.6 is 11.6 Å². The van der Waals surface area contributed by atoms with Gasteiger partial charge in [-0.15, -0.1) is 0 Å². The summed E-state index contributed by atoms with van der Waals surface area (Å²) in [5.41, 5.74) is 3.38. The predicted octanol–water partition coefficient (Wildman–Crippen LogP) is 4.28. The normalized spacial score (nSPS) is 12.6. The summed E-state index contributed by atoms with van der Waals surface area (Å²) in [5.74, 6) is 0. The minimum Gasteiger partial charge on any atom is -0.384 e. The molecule has 0 saturated carbocycles. The van der Waals surface area contributed by atoms with Crippen LogP contribution in [0.4, 0.5) is 0 Å². The summed E-state index contributed by atoms with van der Waals surface area (Å²) in [7, 11) is 0. The van der Waals surface area contributed by atoms with Gasteiger partial charge in [0.2, 0.25) is 0 Å². The molecule has 0 spiro atoms. The molecule has 1 N–H and O–H groups in total. The van der Waals surface area contributed by atoms with Crippen molar-refractivity contribution in [2.75, 3.05) is 0 Å². The number of hydrogen-bond donors (Lipinski definition) is 1. The highest BCUT2D eigenvalue weighted by Gasteiger charge is 2.17. The molecule has 2 nitrogen and oxygen atoms in total. The Morgan fingerprint density at radius 1 is 1.00 bits per heavy atom. The number of aromatic nitrogens is 1. The zero-order chi connectivity index (χ0) is 14.1. The Labute approximate surface area is 122 Å². The summed E-state index contributed by atoms with van der Waals surface area (Å²) in [6.45, 7) is 1.93. The third-order valence-corrected chi connectivity index (χ3v) is 4.01. The van der Waals surface area contributed by atoms with E-state index in [-0.39, 0.29) is 0 Å². The number of aryl methyl sites for hydroxylation is 1. The average Bonchev–Trinajstić information content (AvgIpc) is 2.49. The Hall–Kier alpha value is -1.90. The molecule has 0 amide bonds. The minimum atomic E-state index is -0.754. The van der Waals surface area contributed by atoms with Gasteiger partial charge in [-0.2, -0.15) is 0 Å². The van der Waals surface area contributed by atoms with Crippen LogP contribution in [0.5, 0.6) is 0 Å². The number of pyridine rings is 1. The Morgan fingerprint density at radius 3 is 2.60 bits per heavy atom. The SMILES string of the molecule is Cc1cccc(C(O)c2cccc3ncccc23)c1Cl. The lowest BCUT2D eigenvalue weighted by Crippen LogP contribution is -2.02. The van der Waals surface area contributed by atoms with Crippen LogP contribution in [0.1, 0.15) is 22.8 Å². The van der Waals surface area contributed by atoms with Crippen molar-refractivity contribution in [1.29, 1.82) is 0 Å². The minimum absolute atomic E-state index is 0.612. The molecule has 3 heteroatoms. The molecule has 0 radical (unpaired) electrons. The van der Waals surface area contributed by atoms with Gasteiger partial charge < -0.3 is 5.11 Å². The molecular weight excluding hydrogens is 270 g/mol. The number of aliphatic hydroxyl groups is 1. The van der Waals surface area contributed by atoms with Gasteiger partial charge in [0.1, 0.15) is 6.10 Å². The molecule has 1 unspecified atom stereocenters. The van der Waals surface area contributed by atoms with Crippen LogP contribution in [0.15, 0.2) is 54.7 Å². The fourth-order valence-electron chi connectivity index (χ4n) is 2.41. The fourth-order valence-corrected chi connectivity index (χ4v) is 2.64. The summed E-state index contributed by atoms with van der Waals surface area (Å²) >= 11 is 6.31. The lowest BCUT2D eigenvalue weighted by Gasteiger charge is -2.16. The summed E-state index contributed by atoms with van der Waals surface area (Å²) < 4.78 is 0. The first kappa shape index (κ1) is 13.1. The van der Waals surface area contributed by atoms with Gasteiger partial charge in [0, 0.05) is 22.2 Å². The summed E-state index contributed by atoms with van der Waals surface area (Å²) in [5, 5.41) is 12.2. The van der Waals surface area contributed by atoms with Crippen molar-refractivity contribution < 1.29 is 5.11 Å². The maximum atomic E-state index is 10.7. The first-order chi connectivity index (χ1) is 9.68. The Bertz CT molecular complexity index is 765. The van der Waals surface area contributed by atoms with Crippen molar-refractivity contribution >= 4 is 22.5 Å². The van der Waals surface area contributed by atoms with E-state index in [2.05, 4.69) is 4.98 Å². The number of fused-ring (bicyclic) bond motifs is 1. The van der Waals surface area contributed by atoms with E-state index >= 15 is 0 Å². The van der Waals surface area contributed by atoms with Crippen molar-refractivity contribution in [3.05, 3.63) is 76.4 Å². The zero-order valence-electron chi connectivity index (χ0n) is 11.0. The lowest BCUT2D eigenvalue weighted by molar-refractivity contribution is 0.222. The number of aliphatic hydroxyl groups excluding tert-OH is 1. The van der Waals surface area contributed by atoms with E-state index in [1.54, 1.807) is 6.20 Å². The monoisotopic (exact) mass is 283 g/mol. The first-order valence-electron chi connectivity index (χ1n) is 6.45. The Kier molecular flexibility index (Phi) is 3.43. The molecule has 1 aromatic heterocycles. The van der Waals surface area contributed by atoms with Crippen LogP contribution in [-0.2, 0) is 0 Å². The van der Waals surface area contributed by atoms with E-state index in [9.17, 15) is 5.11 Å². The van der Waals surface area contributed by atoms with Crippen LogP contribution in [0.3, 0.4) is 0 Å². The maximum absolute atomic E-state index is 10.7.